The number of likely N-dealkylation sites (tertiary alicyclic amines) is 1. The molecular weight excluding hydrogens is 190 g/mol. The maximum absolute atomic E-state index is 9.54. The fraction of sp³-hybridized carbons (Fsp3) is 0.727. The normalized spacial score (nSPS) is 35.9. The first-order chi connectivity index (χ1) is 7.31. The van der Waals surface area contributed by atoms with E-state index in [0.717, 1.165) is 50.1 Å². The molecule has 4 heteroatoms. The van der Waals surface area contributed by atoms with Gasteiger partial charge in [0.25, 0.3) is 0 Å². The van der Waals surface area contributed by atoms with E-state index in [9.17, 15) is 5.11 Å². The van der Waals surface area contributed by atoms with E-state index in [0.29, 0.717) is 0 Å². The summed E-state index contributed by atoms with van der Waals surface area (Å²) in [7, 11) is 0. The van der Waals surface area contributed by atoms with E-state index in [1.165, 1.54) is 0 Å². The molecule has 2 heterocycles. The Morgan fingerprint density at radius 1 is 1.40 bits per heavy atom. The fourth-order valence-electron chi connectivity index (χ4n) is 3.09. The lowest BCUT2D eigenvalue weighted by atomic mass is 10.0. The van der Waals surface area contributed by atoms with Crippen molar-refractivity contribution >= 4 is 0 Å². The van der Waals surface area contributed by atoms with E-state index >= 15 is 0 Å². The molecule has 2 aliphatic rings. The molecular formula is C11H17N3O. The highest BCUT2D eigenvalue weighted by Crippen LogP contribution is 2.38. The lowest BCUT2D eigenvalue weighted by Crippen LogP contribution is -2.23. The zero-order chi connectivity index (χ0) is 10.3. The largest absolute Gasteiger partial charge is 0.393 e. The number of aliphatic hydroxyl groups excluding tert-OH is 1. The number of fused-ring (bicyclic) bond motifs is 1. The Bertz CT molecular complexity index is 311. The number of imidazole rings is 1. The smallest absolute Gasteiger partial charge is 0.120 e. The molecule has 1 saturated carbocycles. The Morgan fingerprint density at radius 2 is 2.13 bits per heavy atom. The van der Waals surface area contributed by atoms with Crippen LogP contribution >= 0.6 is 0 Å². The zero-order valence-corrected chi connectivity index (χ0v) is 8.76. The number of aliphatic hydroxyl groups is 1. The van der Waals surface area contributed by atoms with Gasteiger partial charge in [-0.2, -0.15) is 0 Å². The van der Waals surface area contributed by atoms with Gasteiger partial charge in [0.2, 0.25) is 0 Å². The lowest BCUT2D eigenvalue weighted by Gasteiger charge is -2.15. The highest BCUT2D eigenvalue weighted by Gasteiger charge is 2.40. The van der Waals surface area contributed by atoms with Crippen molar-refractivity contribution in [2.45, 2.75) is 25.5 Å². The third kappa shape index (κ3) is 1.79. The van der Waals surface area contributed by atoms with Gasteiger partial charge in [-0.1, -0.05) is 0 Å². The van der Waals surface area contributed by atoms with E-state index < -0.39 is 0 Å². The first kappa shape index (κ1) is 9.36. The Kier molecular flexibility index (Phi) is 2.25. The lowest BCUT2D eigenvalue weighted by molar-refractivity contribution is 0.160. The summed E-state index contributed by atoms with van der Waals surface area (Å²) in [5.74, 6) is 2.49. The van der Waals surface area contributed by atoms with Crippen molar-refractivity contribution in [1.29, 1.82) is 0 Å². The molecule has 82 valence electrons. The molecule has 4 nitrogen and oxygen atoms in total. The summed E-state index contributed by atoms with van der Waals surface area (Å²) in [5.41, 5.74) is 0. The number of nitrogens with zero attached hydrogens (tertiary/aromatic N) is 2. The molecule has 15 heavy (non-hydrogen) atoms. The average molecular weight is 207 g/mol. The molecule has 0 aromatic carbocycles. The molecule has 2 fully saturated rings. The van der Waals surface area contributed by atoms with E-state index in [-0.39, 0.29) is 6.10 Å². The second-order valence-electron chi connectivity index (χ2n) is 4.88. The van der Waals surface area contributed by atoms with Gasteiger partial charge in [0, 0.05) is 25.5 Å². The standard InChI is InChI=1S/C11H17N3O/c15-10-3-8-5-14(6-9(8)4-10)7-11-12-1-2-13-11/h1-2,8-10,15H,3-7H2,(H,12,13)/t8-,9+,10?. The zero-order valence-electron chi connectivity index (χ0n) is 8.76. The molecule has 0 amide bonds. The summed E-state index contributed by atoms with van der Waals surface area (Å²) in [5, 5.41) is 9.54. The minimum Gasteiger partial charge on any atom is -0.393 e. The van der Waals surface area contributed by atoms with Gasteiger partial charge in [0.15, 0.2) is 0 Å². The quantitative estimate of drug-likeness (QED) is 0.747. The van der Waals surface area contributed by atoms with Crippen LogP contribution in [-0.4, -0.2) is 39.2 Å². The molecule has 0 spiro atoms. The van der Waals surface area contributed by atoms with Crippen LogP contribution in [0.3, 0.4) is 0 Å². The number of nitrogens with one attached hydrogen (secondary N) is 1. The van der Waals surface area contributed by atoms with Crippen LogP contribution in [0.5, 0.6) is 0 Å². The Hall–Kier alpha value is -0.870. The summed E-state index contributed by atoms with van der Waals surface area (Å²) in [6.07, 6.45) is 5.63. The number of hydrogen-bond acceptors (Lipinski definition) is 3. The van der Waals surface area contributed by atoms with Crippen molar-refractivity contribution in [3.05, 3.63) is 18.2 Å². The summed E-state index contributed by atoms with van der Waals surface area (Å²) in [4.78, 5) is 9.82. The van der Waals surface area contributed by atoms with Crippen molar-refractivity contribution in [1.82, 2.24) is 14.9 Å². The predicted octanol–water partition coefficient (Wildman–Crippen LogP) is 0.612. The van der Waals surface area contributed by atoms with Crippen LogP contribution in [-0.2, 0) is 6.54 Å². The second kappa shape index (κ2) is 3.61. The van der Waals surface area contributed by atoms with Crippen LogP contribution in [0, 0.1) is 11.8 Å². The first-order valence-electron chi connectivity index (χ1n) is 5.70. The van der Waals surface area contributed by atoms with Crippen LogP contribution in [0.2, 0.25) is 0 Å². The monoisotopic (exact) mass is 207 g/mol. The predicted molar refractivity (Wildman–Crippen MR) is 56.1 cm³/mol. The van der Waals surface area contributed by atoms with E-state index in [1.54, 1.807) is 6.20 Å². The summed E-state index contributed by atoms with van der Waals surface area (Å²) < 4.78 is 0. The van der Waals surface area contributed by atoms with Gasteiger partial charge in [0.1, 0.15) is 5.82 Å². The van der Waals surface area contributed by atoms with Gasteiger partial charge in [-0.15, -0.1) is 0 Å². The van der Waals surface area contributed by atoms with Crippen molar-refractivity contribution < 1.29 is 5.11 Å². The van der Waals surface area contributed by atoms with Gasteiger partial charge >= 0.3 is 0 Å². The highest BCUT2D eigenvalue weighted by molar-refractivity contribution is 4.95. The minimum absolute atomic E-state index is 0.0363. The number of aromatic nitrogens is 2. The van der Waals surface area contributed by atoms with Gasteiger partial charge in [-0.05, 0) is 24.7 Å². The third-order valence-corrected chi connectivity index (χ3v) is 3.73. The van der Waals surface area contributed by atoms with Crippen LogP contribution in [0.1, 0.15) is 18.7 Å². The average Bonchev–Trinajstić information content (AvgIpc) is 2.81. The molecule has 3 rings (SSSR count). The fourth-order valence-corrected chi connectivity index (χ4v) is 3.09. The van der Waals surface area contributed by atoms with E-state index in [4.69, 9.17) is 0 Å². The van der Waals surface area contributed by atoms with Crippen LogP contribution in [0.25, 0.3) is 0 Å². The second-order valence-corrected chi connectivity index (χ2v) is 4.88. The Balaban J connectivity index is 1.59. The number of aromatic amines is 1. The molecule has 1 aromatic rings. The van der Waals surface area contributed by atoms with Crippen LogP contribution in [0.15, 0.2) is 12.4 Å². The molecule has 1 saturated heterocycles. The summed E-state index contributed by atoms with van der Waals surface area (Å²) >= 11 is 0. The van der Waals surface area contributed by atoms with Crippen LogP contribution in [0.4, 0.5) is 0 Å². The van der Waals surface area contributed by atoms with E-state index in [1.807, 2.05) is 6.20 Å². The number of hydrogen-bond donors (Lipinski definition) is 2. The third-order valence-electron chi connectivity index (χ3n) is 3.73. The summed E-state index contributed by atoms with van der Waals surface area (Å²) in [6, 6.07) is 0. The van der Waals surface area contributed by atoms with Crippen LogP contribution < -0.4 is 0 Å². The highest BCUT2D eigenvalue weighted by atomic mass is 16.3. The molecule has 1 unspecified atom stereocenters. The molecule has 1 aliphatic heterocycles. The minimum atomic E-state index is -0.0363. The molecule has 1 aliphatic carbocycles. The van der Waals surface area contributed by atoms with Crippen molar-refractivity contribution in [3.63, 3.8) is 0 Å². The number of rotatable bonds is 2. The molecule has 2 N–H and O–H groups in total. The maximum Gasteiger partial charge on any atom is 0.120 e. The summed E-state index contributed by atoms with van der Waals surface area (Å²) in [6.45, 7) is 3.18. The Labute approximate surface area is 89.3 Å². The van der Waals surface area contributed by atoms with Crippen molar-refractivity contribution in [2.75, 3.05) is 13.1 Å². The molecule has 0 radical (unpaired) electrons. The van der Waals surface area contributed by atoms with Crippen molar-refractivity contribution in [3.8, 4) is 0 Å². The van der Waals surface area contributed by atoms with Crippen molar-refractivity contribution in [2.24, 2.45) is 11.8 Å². The SMILES string of the molecule is OC1C[C@@H]2CN(Cc3ncc[nH]3)C[C@@H]2C1. The van der Waals surface area contributed by atoms with Gasteiger partial charge < -0.3 is 10.1 Å². The van der Waals surface area contributed by atoms with Gasteiger partial charge in [0.05, 0.1) is 12.6 Å². The topological polar surface area (TPSA) is 52.1 Å². The van der Waals surface area contributed by atoms with E-state index in [2.05, 4.69) is 14.9 Å². The molecule has 3 atom stereocenters. The number of H-pyrrole nitrogens is 1. The van der Waals surface area contributed by atoms with Gasteiger partial charge in [-0.3, -0.25) is 4.90 Å². The molecule has 0 bridgehead atoms. The Morgan fingerprint density at radius 3 is 2.73 bits per heavy atom. The maximum atomic E-state index is 9.54. The first-order valence-corrected chi connectivity index (χ1v) is 5.70. The molecule has 1 aromatic heterocycles. The van der Waals surface area contributed by atoms with Gasteiger partial charge in [-0.25, -0.2) is 4.98 Å².